The zero-order chi connectivity index (χ0) is 15.3. The van der Waals surface area contributed by atoms with Crippen molar-refractivity contribution in [3.8, 4) is 0 Å². The van der Waals surface area contributed by atoms with E-state index in [1.165, 1.54) is 6.42 Å². The van der Waals surface area contributed by atoms with E-state index in [9.17, 15) is 15.0 Å². The number of hydrogen-bond donors (Lipinski definition) is 3. The Morgan fingerprint density at radius 2 is 1.90 bits per heavy atom. The van der Waals surface area contributed by atoms with Crippen molar-refractivity contribution in [2.24, 2.45) is 5.92 Å². The third kappa shape index (κ3) is 3.83. The average Bonchev–Trinajstić information content (AvgIpc) is 2.55. The number of nitrogens with one attached hydrogen (secondary N) is 1. The maximum absolute atomic E-state index is 12.3. The first kappa shape index (κ1) is 16.0. The van der Waals surface area contributed by atoms with E-state index in [4.69, 9.17) is 0 Å². The number of carbonyl (C=O) groups is 1. The largest absolute Gasteiger partial charge is 0.394 e. The predicted octanol–water partition coefficient (Wildman–Crippen LogP) is 2.17. The fraction of sp³-hybridized carbons (Fsp3) is 0.588. The zero-order valence-electron chi connectivity index (χ0n) is 12.6. The van der Waals surface area contributed by atoms with Crippen LogP contribution in [-0.4, -0.2) is 28.3 Å². The molecule has 0 aromatic heterocycles. The topological polar surface area (TPSA) is 69.6 Å². The highest BCUT2D eigenvalue weighted by atomic mass is 16.3. The van der Waals surface area contributed by atoms with Crippen LogP contribution in [0, 0.1) is 5.92 Å². The maximum Gasteiger partial charge on any atom is 0.253 e. The summed E-state index contributed by atoms with van der Waals surface area (Å²) in [5.41, 5.74) is -0.0910. The van der Waals surface area contributed by atoms with Gasteiger partial charge >= 0.3 is 0 Å². The molecular weight excluding hydrogens is 266 g/mol. The lowest BCUT2D eigenvalue weighted by atomic mass is 9.76. The van der Waals surface area contributed by atoms with Gasteiger partial charge in [0, 0.05) is 0 Å². The summed E-state index contributed by atoms with van der Waals surface area (Å²) in [5, 5.41) is 22.8. The molecule has 0 aliphatic heterocycles. The van der Waals surface area contributed by atoms with Crippen LogP contribution in [0.1, 0.15) is 50.7 Å². The number of hydrogen-bond acceptors (Lipinski definition) is 3. The Balaban J connectivity index is 2.05. The lowest BCUT2D eigenvalue weighted by molar-refractivity contribution is -0.133. The monoisotopic (exact) mass is 291 g/mol. The van der Waals surface area contributed by atoms with E-state index < -0.39 is 17.6 Å². The first-order valence-corrected chi connectivity index (χ1v) is 7.73. The maximum atomic E-state index is 12.3. The number of amides is 1. The highest BCUT2D eigenvalue weighted by Crippen LogP contribution is 2.32. The van der Waals surface area contributed by atoms with Gasteiger partial charge in [0.1, 0.15) is 0 Å². The van der Waals surface area contributed by atoms with Gasteiger partial charge in [0.25, 0.3) is 5.91 Å². The van der Waals surface area contributed by atoms with Gasteiger partial charge in [-0.05, 0) is 31.2 Å². The van der Waals surface area contributed by atoms with Crippen molar-refractivity contribution in [1.29, 1.82) is 0 Å². The minimum atomic E-state index is -1.19. The van der Waals surface area contributed by atoms with Gasteiger partial charge in [-0.1, -0.05) is 49.6 Å². The van der Waals surface area contributed by atoms with Crippen LogP contribution in [0.5, 0.6) is 0 Å². The van der Waals surface area contributed by atoms with Gasteiger partial charge in [-0.15, -0.1) is 0 Å². The smallest absolute Gasteiger partial charge is 0.253 e. The van der Waals surface area contributed by atoms with E-state index in [1.807, 2.05) is 13.0 Å². The first-order chi connectivity index (χ1) is 10.1. The second-order valence-electron chi connectivity index (χ2n) is 6.21. The normalized spacial score (nSPS) is 20.5. The predicted molar refractivity (Wildman–Crippen MR) is 81.6 cm³/mol. The van der Waals surface area contributed by atoms with E-state index >= 15 is 0 Å². The molecule has 2 rings (SSSR count). The molecule has 116 valence electrons. The molecule has 0 saturated heterocycles. The number of aliphatic hydroxyl groups excluding tert-OH is 2. The van der Waals surface area contributed by atoms with Crippen LogP contribution in [0.15, 0.2) is 30.3 Å². The van der Waals surface area contributed by atoms with Crippen LogP contribution >= 0.6 is 0 Å². The number of carbonyl (C=O) groups excluding carboxylic acids is 1. The molecule has 1 aliphatic rings. The number of aliphatic hydroxyl groups is 2. The van der Waals surface area contributed by atoms with Crippen molar-refractivity contribution >= 4 is 5.91 Å². The fourth-order valence-electron chi connectivity index (χ4n) is 3.15. The molecular formula is C17H25NO3. The SMILES string of the molecule is C[C@](CO)(NC(=O)[C@@H](O)c1ccccc1)C1CCCCC1. The summed E-state index contributed by atoms with van der Waals surface area (Å²) in [4.78, 5) is 12.3. The van der Waals surface area contributed by atoms with Crippen molar-refractivity contribution in [3.05, 3.63) is 35.9 Å². The molecule has 3 N–H and O–H groups in total. The zero-order valence-corrected chi connectivity index (χ0v) is 12.6. The van der Waals surface area contributed by atoms with Crippen LogP contribution in [0.25, 0.3) is 0 Å². The molecule has 0 bridgehead atoms. The molecule has 2 atom stereocenters. The minimum absolute atomic E-state index is 0.106. The fourth-order valence-corrected chi connectivity index (χ4v) is 3.15. The molecule has 1 amide bonds. The van der Waals surface area contributed by atoms with Gasteiger partial charge in [0.2, 0.25) is 0 Å². The van der Waals surface area contributed by atoms with Crippen molar-refractivity contribution in [2.75, 3.05) is 6.61 Å². The quantitative estimate of drug-likeness (QED) is 0.778. The van der Waals surface area contributed by atoms with E-state index in [0.29, 0.717) is 5.56 Å². The summed E-state index contributed by atoms with van der Waals surface area (Å²) in [6.45, 7) is 1.77. The van der Waals surface area contributed by atoms with Crippen molar-refractivity contribution in [3.63, 3.8) is 0 Å². The summed E-state index contributed by atoms with van der Waals surface area (Å²) in [7, 11) is 0. The summed E-state index contributed by atoms with van der Waals surface area (Å²) in [6, 6.07) is 8.87. The Morgan fingerprint density at radius 3 is 2.48 bits per heavy atom. The third-order valence-electron chi connectivity index (χ3n) is 4.61. The summed E-state index contributed by atoms with van der Waals surface area (Å²) < 4.78 is 0. The molecule has 1 fully saturated rings. The third-order valence-corrected chi connectivity index (χ3v) is 4.61. The van der Waals surface area contributed by atoms with Gasteiger partial charge in [0.15, 0.2) is 6.10 Å². The molecule has 4 heteroatoms. The first-order valence-electron chi connectivity index (χ1n) is 7.73. The van der Waals surface area contributed by atoms with Crippen LogP contribution in [0.4, 0.5) is 0 Å². The lowest BCUT2D eigenvalue weighted by Gasteiger charge is -2.39. The van der Waals surface area contributed by atoms with Gasteiger partial charge < -0.3 is 15.5 Å². The molecule has 0 unspecified atom stereocenters. The van der Waals surface area contributed by atoms with Gasteiger partial charge in [-0.2, -0.15) is 0 Å². The second-order valence-corrected chi connectivity index (χ2v) is 6.21. The van der Waals surface area contributed by atoms with E-state index in [1.54, 1.807) is 24.3 Å². The van der Waals surface area contributed by atoms with Crippen molar-refractivity contribution in [2.45, 2.75) is 50.7 Å². The standard InChI is InChI=1S/C17H25NO3/c1-17(12-19,14-10-6-3-7-11-14)18-16(21)15(20)13-8-4-2-5-9-13/h2,4-5,8-9,14-15,19-20H,3,6-7,10-12H2,1H3,(H,18,21)/t15-,17+/m0/s1. The number of benzene rings is 1. The molecule has 4 nitrogen and oxygen atoms in total. The molecule has 1 aromatic rings. The van der Waals surface area contributed by atoms with Crippen LogP contribution in [0.3, 0.4) is 0 Å². The van der Waals surface area contributed by atoms with Gasteiger partial charge in [-0.3, -0.25) is 4.79 Å². The molecule has 1 aliphatic carbocycles. The van der Waals surface area contributed by atoms with Crippen molar-refractivity contribution in [1.82, 2.24) is 5.32 Å². The van der Waals surface area contributed by atoms with Gasteiger partial charge in [0.05, 0.1) is 12.1 Å². The number of rotatable bonds is 5. The van der Waals surface area contributed by atoms with E-state index in [0.717, 1.165) is 25.7 Å². The lowest BCUT2D eigenvalue weighted by Crippen LogP contribution is -2.55. The molecule has 0 heterocycles. The Morgan fingerprint density at radius 1 is 1.29 bits per heavy atom. The minimum Gasteiger partial charge on any atom is -0.394 e. The Hall–Kier alpha value is -1.39. The summed E-state index contributed by atoms with van der Waals surface area (Å²) in [6.07, 6.45) is 4.32. The molecule has 1 aromatic carbocycles. The summed E-state index contributed by atoms with van der Waals surface area (Å²) >= 11 is 0. The van der Waals surface area contributed by atoms with Gasteiger partial charge in [-0.25, -0.2) is 0 Å². The second kappa shape index (κ2) is 7.05. The van der Waals surface area contributed by atoms with Crippen LogP contribution in [-0.2, 0) is 4.79 Å². The highest BCUT2D eigenvalue weighted by molar-refractivity contribution is 5.82. The van der Waals surface area contributed by atoms with E-state index in [-0.39, 0.29) is 12.5 Å². The molecule has 0 spiro atoms. The molecule has 1 saturated carbocycles. The Kier molecular flexibility index (Phi) is 5.37. The average molecular weight is 291 g/mol. The Labute approximate surface area is 126 Å². The molecule has 21 heavy (non-hydrogen) atoms. The summed E-state index contributed by atoms with van der Waals surface area (Å²) in [5.74, 6) is -0.175. The van der Waals surface area contributed by atoms with Crippen LogP contribution in [0.2, 0.25) is 0 Å². The Bertz CT molecular complexity index is 456. The highest BCUT2D eigenvalue weighted by Gasteiger charge is 2.37. The van der Waals surface area contributed by atoms with Crippen LogP contribution < -0.4 is 5.32 Å². The van der Waals surface area contributed by atoms with E-state index in [2.05, 4.69) is 5.32 Å². The molecule has 0 radical (unpaired) electrons. The van der Waals surface area contributed by atoms with Crippen molar-refractivity contribution < 1.29 is 15.0 Å².